The van der Waals surface area contributed by atoms with Gasteiger partial charge in [-0.1, -0.05) is 12.8 Å². The molecule has 0 aromatic rings. The molecule has 2 N–H and O–H groups in total. The largest absolute Gasteiger partial charge is 0.373 e. The van der Waals surface area contributed by atoms with Gasteiger partial charge in [0.15, 0.2) is 0 Å². The molecule has 0 spiro atoms. The van der Waals surface area contributed by atoms with Gasteiger partial charge in [-0.15, -0.1) is 24.8 Å². The van der Waals surface area contributed by atoms with Gasteiger partial charge in [-0.2, -0.15) is 0 Å². The number of nitrogens with zero attached hydrogens (tertiary/aromatic N) is 1. The molecular formula is C19H37Cl2N3O2. The lowest BCUT2D eigenvalue weighted by Crippen LogP contribution is -2.60. The first kappa shape index (κ1) is 24.0. The summed E-state index contributed by atoms with van der Waals surface area (Å²) < 4.78 is 5.85. The number of fused-ring (bicyclic) bond motifs is 1. The molecule has 1 aliphatic carbocycles. The van der Waals surface area contributed by atoms with Crippen LogP contribution in [0.25, 0.3) is 0 Å². The highest BCUT2D eigenvalue weighted by molar-refractivity contribution is 5.85. The molecule has 3 aliphatic rings. The fourth-order valence-corrected chi connectivity index (χ4v) is 4.95. The van der Waals surface area contributed by atoms with Gasteiger partial charge in [-0.05, 0) is 53.0 Å². The van der Waals surface area contributed by atoms with Crippen molar-refractivity contribution in [2.75, 3.05) is 32.7 Å². The van der Waals surface area contributed by atoms with Crippen LogP contribution in [0.3, 0.4) is 0 Å². The van der Waals surface area contributed by atoms with Crippen molar-refractivity contribution in [1.82, 2.24) is 15.5 Å². The number of carbonyl (C=O) groups excluding carboxylic acids is 1. The van der Waals surface area contributed by atoms with Crippen LogP contribution in [0.4, 0.5) is 0 Å². The highest BCUT2D eigenvalue weighted by Gasteiger charge is 2.50. The first-order valence-corrected chi connectivity index (χ1v) is 9.73. The van der Waals surface area contributed by atoms with Crippen molar-refractivity contribution in [3.05, 3.63) is 0 Å². The zero-order valence-corrected chi connectivity index (χ0v) is 18.3. The Balaban J connectivity index is 0.00000169. The minimum atomic E-state index is -0.153. The lowest BCUT2D eigenvalue weighted by molar-refractivity contribution is -0.135. The number of morpholine rings is 1. The quantitative estimate of drug-likeness (QED) is 0.748. The maximum absolute atomic E-state index is 13.1. The third-order valence-electron chi connectivity index (χ3n) is 6.45. The lowest BCUT2D eigenvalue weighted by atomic mass is 9.67. The third kappa shape index (κ3) is 4.85. The highest BCUT2D eigenvalue weighted by atomic mass is 35.5. The van der Waals surface area contributed by atoms with Gasteiger partial charge < -0.3 is 15.4 Å². The second-order valence-corrected chi connectivity index (χ2v) is 8.89. The molecule has 2 aliphatic heterocycles. The monoisotopic (exact) mass is 409 g/mol. The van der Waals surface area contributed by atoms with Gasteiger partial charge in [0.1, 0.15) is 0 Å². The van der Waals surface area contributed by atoms with E-state index >= 15 is 0 Å². The topological polar surface area (TPSA) is 53.6 Å². The Hall–Kier alpha value is -0.0700. The normalized spacial score (nSPS) is 35.0. The van der Waals surface area contributed by atoms with Crippen LogP contribution in [-0.2, 0) is 9.53 Å². The van der Waals surface area contributed by atoms with Crippen molar-refractivity contribution in [3.8, 4) is 0 Å². The molecule has 26 heavy (non-hydrogen) atoms. The molecule has 3 fully saturated rings. The van der Waals surface area contributed by atoms with Crippen molar-refractivity contribution >= 4 is 30.7 Å². The van der Waals surface area contributed by atoms with Crippen LogP contribution in [0.15, 0.2) is 0 Å². The van der Waals surface area contributed by atoms with Gasteiger partial charge in [0.25, 0.3) is 0 Å². The summed E-state index contributed by atoms with van der Waals surface area (Å²) in [5.74, 6) is 0.803. The number of hydrogen-bond acceptors (Lipinski definition) is 4. The predicted octanol–water partition coefficient (Wildman–Crippen LogP) is 2.61. The number of amides is 1. The van der Waals surface area contributed by atoms with E-state index in [9.17, 15) is 4.79 Å². The highest BCUT2D eigenvalue weighted by Crippen LogP contribution is 2.44. The number of nitrogens with one attached hydrogen (secondary N) is 2. The van der Waals surface area contributed by atoms with Gasteiger partial charge in [0, 0.05) is 31.7 Å². The zero-order valence-electron chi connectivity index (χ0n) is 16.7. The minimum absolute atomic E-state index is 0. The lowest BCUT2D eigenvalue weighted by Gasteiger charge is -2.46. The Kier molecular flexibility index (Phi) is 8.68. The minimum Gasteiger partial charge on any atom is -0.373 e. The van der Waals surface area contributed by atoms with Gasteiger partial charge in [0.2, 0.25) is 5.91 Å². The molecule has 7 heteroatoms. The van der Waals surface area contributed by atoms with Crippen LogP contribution in [0, 0.1) is 11.3 Å². The molecule has 2 heterocycles. The summed E-state index contributed by atoms with van der Waals surface area (Å²) in [4.78, 5) is 15.5. The summed E-state index contributed by atoms with van der Waals surface area (Å²) in [5, 5.41) is 6.79. The van der Waals surface area contributed by atoms with E-state index < -0.39 is 0 Å². The fourth-order valence-electron chi connectivity index (χ4n) is 4.95. The predicted molar refractivity (Wildman–Crippen MR) is 110 cm³/mol. The van der Waals surface area contributed by atoms with Crippen LogP contribution in [0.1, 0.15) is 53.4 Å². The van der Waals surface area contributed by atoms with E-state index in [4.69, 9.17) is 4.74 Å². The van der Waals surface area contributed by atoms with Gasteiger partial charge in [-0.3, -0.25) is 9.69 Å². The SMILES string of the molecule is CC1CN(C(C)(C)CNC(=O)[C@@]23CCCC[C@H]2CNC3)CC(C)O1.Cl.Cl. The Labute approximate surface area is 171 Å². The molecule has 2 saturated heterocycles. The summed E-state index contributed by atoms with van der Waals surface area (Å²) in [6.07, 6.45) is 5.21. The molecule has 0 aromatic heterocycles. The molecule has 3 rings (SSSR count). The van der Waals surface area contributed by atoms with Crippen LogP contribution in [-0.4, -0.2) is 61.3 Å². The van der Waals surface area contributed by atoms with Crippen LogP contribution < -0.4 is 10.6 Å². The Bertz CT molecular complexity index is 468. The Morgan fingerprint density at radius 2 is 1.88 bits per heavy atom. The molecule has 2 unspecified atom stereocenters. The summed E-state index contributed by atoms with van der Waals surface area (Å²) in [5.41, 5.74) is -0.200. The molecule has 5 nitrogen and oxygen atoms in total. The van der Waals surface area contributed by atoms with E-state index in [2.05, 4.69) is 43.2 Å². The standard InChI is InChI=1S/C19H35N3O2.2ClH/c1-14-10-22(11-15(2)24-14)18(3,4)12-21-17(23)19-8-6-5-7-16(19)9-20-13-19;;/h14-16,20H,5-13H2,1-4H3,(H,21,23);2*1H/t14?,15?,16-,19+;;/m0../s1. The second kappa shape index (κ2) is 9.42. The fraction of sp³-hybridized carbons (Fsp3) is 0.947. The number of halogens is 2. The summed E-state index contributed by atoms with van der Waals surface area (Å²) in [6, 6.07) is 0. The zero-order chi connectivity index (χ0) is 17.4. The average Bonchev–Trinajstić information content (AvgIpc) is 2.97. The van der Waals surface area contributed by atoms with E-state index in [-0.39, 0.29) is 53.9 Å². The number of carbonyl (C=O) groups is 1. The average molecular weight is 410 g/mol. The van der Waals surface area contributed by atoms with Crippen molar-refractivity contribution < 1.29 is 9.53 Å². The smallest absolute Gasteiger partial charge is 0.227 e. The summed E-state index contributed by atoms with van der Waals surface area (Å²) >= 11 is 0. The number of rotatable bonds is 4. The van der Waals surface area contributed by atoms with Crippen molar-refractivity contribution in [2.45, 2.75) is 71.1 Å². The molecule has 0 bridgehead atoms. The number of ether oxygens (including phenoxy) is 1. The van der Waals surface area contributed by atoms with E-state index in [1.807, 2.05) is 0 Å². The van der Waals surface area contributed by atoms with E-state index in [1.165, 1.54) is 19.3 Å². The van der Waals surface area contributed by atoms with Gasteiger partial charge >= 0.3 is 0 Å². The van der Waals surface area contributed by atoms with Crippen LogP contribution in [0.2, 0.25) is 0 Å². The molecule has 1 amide bonds. The molecule has 0 aromatic carbocycles. The van der Waals surface area contributed by atoms with E-state index in [0.29, 0.717) is 12.5 Å². The van der Waals surface area contributed by atoms with Gasteiger partial charge in [0.05, 0.1) is 17.6 Å². The summed E-state index contributed by atoms with van der Waals surface area (Å²) in [6.45, 7) is 13.2. The molecular weight excluding hydrogens is 373 g/mol. The first-order chi connectivity index (χ1) is 11.3. The maximum atomic E-state index is 13.1. The Morgan fingerprint density at radius 1 is 1.23 bits per heavy atom. The number of hydrogen-bond donors (Lipinski definition) is 2. The Morgan fingerprint density at radius 3 is 2.54 bits per heavy atom. The third-order valence-corrected chi connectivity index (χ3v) is 6.45. The molecule has 4 atom stereocenters. The van der Waals surface area contributed by atoms with Crippen molar-refractivity contribution in [3.63, 3.8) is 0 Å². The van der Waals surface area contributed by atoms with Crippen molar-refractivity contribution in [2.24, 2.45) is 11.3 Å². The molecule has 154 valence electrons. The molecule has 1 saturated carbocycles. The molecule has 0 radical (unpaired) electrons. The maximum Gasteiger partial charge on any atom is 0.227 e. The first-order valence-electron chi connectivity index (χ1n) is 9.73. The second-order valence-electron chi connectivity index (χ2n) is 8.89. The van der Waals surface area contributed by atoms with Gasteiger partial charge in [-0.25, -0.2) is 0 Å². The van der Waals surface area contributed by atoms with Crippen LogP contribution in [0.5, 0.6) is 0 Å². The van der Waals surface area contributed by atoms with Crippen LogP contribution >= 0.6 is 24.8 Å². The van der Waals surface area contributed by atoms with E-state index in [0.717, 1.165) is 32.6 Å². The summed E-state index contributed by atoms with van der Waals surface area (Å²) in [7, 11) is 0. The van der Waals surface area contributed by atoms with E-state index in [1.54, 1.807) is 0 Å². The van der Waals surface area contributed by atoms with Crippen molar-refractivity contribution in [1.29, 1.82) is 0 Å².